The fourth-order valence-electron chi connectivity index (χ4n) is 3.42. The highest BCUT2D eigenvalue weighted by atomic mass is 16.6. The van der Waals surface area contributed by atoms with Crippen LogP contribution in [0.4, 0.5) is 5.69 Å². The van der Waals surface area contributed by atoms with Gasteiger partial charge in [-0.2, -0.15) is 0 Å². The van der Waals surface area contributed by atoms with Gasteiger partial charge < -0.3 is 24.7 Å². The van der Waals surface area contributed by atoms with E-state index in [2.05, 4.69) is 20.8 Å². The minimum atomic E-state index is -0.494. The molecule has 2 rings (SSSR count). The molecule has 2 aromatic rings. The summed E-state index contributed by atoms with van der Waals surface area (Å²) in [5.41, 5.74) is 3.33. The number of nitrogens with zero attached hydrogens (tertiary/aromatic N) is 4. The third kappa shape index (κ3) is 7.63. The molecule has 198 valence electrons. The van der Waals surface area contributed by atoms with Crippen molar-refractivity contribution in [1.82, 2.24) is 5.32 Å². The van der Waals surface area contributed by atoms with E-state index in [0.29, 0.717) is 22.6 Å². The number of hydrogen-bond donors (Lipinski definition) is 1. The zero-order chi connectivity index (χ0) is 27.6. The van der Waals surface area contributed by atoms with Crippen molar-refractivity contribution in [1.29, 1.82) is 0 Å². The summed E-state index contributed by atoms with van der Waals surface area (Å²) >= 11 is 0. The second-order valence-corrected chi connectivity index (χ2v) is 9.09. The van der Waals surface area contributed by atoms with E-state index in [4.69, 9.17) is 14.5 Å². The van der Waals surface area contributed by atoms with Crippen molar-refractivity contribution < 1.29 is 24.1 Å². The summed E-state index contributed by atoms with van der Waals surface area (Å²) in [6, 6.07) is 14.5. The van der Waals surface area contributed by atoms with Crippen LogP contribution in [0.2, 0.25) is 0 Å². The molecule has 0 aliphatic rings. The first kappa shape index (κ1) is 29.0. The summed E-state index contributed by atoms with van der Waals surface area (Å²) in [6.45, 7) is 7.46. The third-order valence-electron chi connectivity index (χ3n) is 5.32. The van der Waals surface area contributed by atoms with Crippen LogP contribution in [0.15, 0.2) is 64.0 Å². The fourth-order valence-corrected chi connectivity index (χ4v) is 3.42. The summed E-state index contributed by atoms with van der Waals surface area (Å²) in [5.74, 6) is -0.380. The molecule has 0 unspecified atom stereocenters. The molecule has 0 fully saturated rings. The topological polar surface area (TPSA) is 114 Å². The summed E-state index contributed by atoms with van der Waals surface area (Å²) in [4.78, 5) is 42.0. The van der Waals surface area contributed by atoms with Gasteiger partial charge in [0.25, 0.3) is 5.91 Å². The Balaban J connectivity index is 2.24. The standard InChI is InChI=1S/C27H35N5O5/c1-18(29-37-17-20-11-9-10-12-22(20)24(31-36-8)25(33)28-5)23(30-35-7)19-13-15-21(16-14-19)32(6)26(34)27(2,3)4/h9-16H,17H2,1-8H3,(H,28,33). The molecule has 37 heavy (non-hydrogen) atoms. The lowest BCUT2D eigenvalue weighted by atomic mass is 9.94. The first-order chi connectivity index (χ1) is 17.5. The third-order valence-corrected chi connectivity index (χ3v) is 5.32. The molecular formula is C27H35N5O5. The maximum Gasteiger partial charge on any atom is 0.273 e. The van der Waals surface area contributed by atoms with Gasteiger partial charge in [0.1, 0.15) is 32.2 Å². The number of likely N-dealkylation sites (N-methyl/N-ethyl adjacent to an activating group) is 1. The molecule has 0 aliphatic heterocycles. The molecule has 0 aromatic heterocycles. The van der Waals surface area contributed by atoms with Crippen molar-refractivity contribution in [2.45, 2.75) is 34.3 Å². The molecule has 0 saturated carbocycles. The molecule has 0 aliphatic carbocycles. The number of nitrogens with one attached hydrogen (secondary N) is 1. The molecule has 10 heteroatoms. The van der Waals surface area contributed by atoms with Crippen LogP contribution in [0.5, 0.6) is 0 Å². The first-order valence-corrected chi connectivity index (χ1v) is 11.6. The van der Waals surface area contributed by atoms with Crippen molar-refractivity contribution in [2.24, 2.45) is 20.9 Å². The van der Waals surface area contributed by atoms with Gasteiger partial charge in [-0.05, 0) is 19.1 Å². The van der Waals surface area contributed by atoms with Crippen LogP contribution < -0.4 is 10.2 Å². The second kappa shape index (κ2) is 13.2. The largest absolute Gasteiger partial charge is 0.399 e. The summed E-state index contributed by atoms with van der Waals surface area (Å²) in [5, 5.41) is 14.7. The molecule has 0 heterocycles. The van der Waals surface area contributed by atoms with Gasteiger partial charge in [0.15, 0.2) is 5.71 Å². The van der Waals surface area contributed by atoms with Crippen LogP contribution in [-0.4, -0.2) is 57.3 Å². The van der Waals surface area contributed by atoms with Gasteiger partial charge in [-0.25, -0.2) is 0 Å². The van der Waals surface area contributed by atoms with Crippen molar-refractivity contribution in [3.63, 3.8) is 0 Å². The van der Waals surface area contributed by atoms with Gasteiger partial charge in [0, 0.05) is 41.9 Å². The lowest BCUT2D eigenvalue weighted by Gasteiger charge is -2.26. The summed E-state index contributed by atoms with van der Waals surface area (Å²) in [7, 11) is 6.09. The first-order valence-electron chi connectivity index (χ1n) is 11.6. The highest BCUT2D eigenvalue weighted by Gasteiger charge is 2.26. The molecule has 0 spiro atoms. The van der Waals surface area contributed by atoms with Crippen molar-refractivity contribution >= 4 is 34.6 Å². The van der Waals surface area contributed by atoms with E-state index in [0.717, 1.165) is 11.3 Å². The molecule has 0 bridgehead atoms. The predicted molar refractivity (Wildman–Crippen MR) is 145 cm³/mol. The quantitative estimate of drug-likeness (QED) is 0.387. The van der Waals surface area contributed by atoms with Gasteiger partial charge in [-0.15, -0.1) is 0 Å². The monoisotopic (exact) mass is 509 g/mol. The Morgan fingerprint density at radius 2 is 1.51 bits per heavy atom. The molecule has 0 saturated heterocycles. The normalized spacial score (nSPS) is 12.6. The van der Waals surface area contributed by atoms with Crippen molar-refractivity contribution in [2.75, 3.05) is 33.2 Å². The van der Waals surface area contributed by atoms with E-state index in [-0.39, 0.29) is 24.1 Å². The highest BCUT2D eigenvalue weighted by molar-refractivity contribution is 6.47. The summed E-state index contributed by atoms with van der Waals surface area (Å²) in [6.07, 6.45) is 0. The molecule has 2 aromatic carbocycles. The Morgan fingerprint density at radius 3 is 2.08 bits per heavy atom. The lowest BCUT2D eigenvalue weighted by Crippen LogP contribution is -2.36. The smallest absolute Gasteiger partial charge is 0.273 e. The van der Waals surface area contributed by atoms with Gasteiger partial charge in [-0.3, -0.25) is 9.59 Å². The molecular weight excluding hydrogens is 474 g/mol. The number of amides is 2. The number of anilines is 1. The van der Waals surface area contributed by atoms with Crippen LogP contribution in [0.1, 0.15) is 44.4 Å². The molecule has 2 amide bonds. The molecule has 0 radical (unpaired) electrons. The maximum absolute atomic E-state index is 12.6. The van der Waals surface area contributed by atoms with E-state index < -0.39 is 5.41 Å². The minimum absolute atomic E-state index is 0.00701. The number of hydrogen-bond acceptors (Lipinski definition) is 8. The average molecular weight is 510 g/mol. The maximum atomic E-state index is 12.6. The highest BCUT2D eigenvalue weighted by Crippen LogP contribution is 2.23. The Labute approximate surface area is 217 Å². The van der Waals surface area contributed by atoms with Crippen LogP contribution >= 0.6 is 0 Å². The Kier molecular flexibility index (Phi) is 10.4. The average Bonchev–Trinajstić information content (AvgIpc) is 2.89. The fraction of sp³-hybridized carbons (Fsp3) is 0.370. The predicted octanol–water partition coefficient (Wildman–Crippen LogP) is 3.74. The van der Waals surface area contributed by atoms with Crippen LogP contribution in [0, 0.1) is 5.41 Å². The Bertz CT molecular complexity index is 1180. The zero-order valence-corrected chi connectivity index (χ0v) is 22.7. The molecule has 0 atom stereocenters. The second-order valence-electron chi connectivity index (χ2n) is 9.09. The summed E-state index contributed by atoms with van der Waals surface area (Å²) < 4.78 is 0. The zero-order valence-electron chi connectivity index (χ0n) is 22.7. The van der Waals surface area contributed by atoms with Crippen molar-refractivity contribution in [3.05, 3.63) is 65.2 Å². The Morgan fingerprint density at radius 1 is 0.919 bits per heavy atom. The van der Waals surface area contributed by atoms with Gasteiger partial charge >= 0.3 is 0 Å². The van der Waals surface area contributed by atoms with Crippen LogP contribution in [-0.2, 0) is 30.7 Å². The van der Waals surface area contributed by atoms with Gasteiger partial charge in [0.2, 0.25) is 5.91 Å². The van der Waals surface area contributed by atoms with Crippen molar-refractivity contribution in [3.8, 4) is 0 Å². The lowest BCUT2D eigenvalue weighted by molar-refractivity contribution is -0.125. The number of oxime groups is 3. The van der Waals surface area contributed by atoms with Crippen LogP contribution in [0.25, 0.3) is 0 Å². The number of carbonyl (C=O) groups excluding carboxylic acids is 2. The minimum Gasteiger partial charge on any atom is -0.399 e. The SMILES string of the molecule is CNC(=O)C(=NOC)c1ccccc1CON=C(C)C(=NOC)c1ccc(N(C)C(=O)C(C)(C)C)cc1. The Hall–Kier alpha value is -4.21. The van der Waals surface area contributed by atoms with Crippen LogP contribution in [0.3, 0.4) is 0 Å². The van der Waals surface area contributed by atoms with E-state index in [9.17, 15) is 9.59 Å². The van der Waals surface area contributed by atoms with E-state index in [1.807, 2.05) is 57.2 Å². The van der Waals surface area contributed by atoms with E-state index >= 15 is 0 Å². The van der Waals surface area contributed by atoms with Gasteiger partial charge in [0.05, 0.1) is 0 Å². The van der Waals surface area contributed by atoms with Gasteiger partial charge in [-0.1, -0.05) is 72.6 Å². The molecule has 1 N–H and O–H groups in total. The number of benzene rings is 2. The number of carbonyl (C=O) groups is 2. The molecule has 10 nitrogen and oxygen atoms in total. The van der Waals surface area contributed by atoms with E-state index in [1.54, 1.807) is 31.0 Å². The van der Waals surface area contributed by atoms with E-state index in [1.165, 1.54) is 21.3 Å². The number of rotatable bonds is 10.